The van der Waals surface area contributed by atoms with Crippen LogP contribution in [0.3, 0.4) is 0 Å². The first kappa shape index (κ1) is 18.1. The number of phenolic OH excluding ortho intramolecular Hbond substituents is 1. The molecule has 7 heteroatoms. The summed E-state index contributed by atoms with van der Waals surface area (Å²) < 4.78 is 11.3. The number of allylic oxidation sites excluding steroid dienone is 2. The van der Waals surface area contributed by atoms with Gasteiger partial charge in [-0.05, 0) is 61.1 Å². The van der Waals surface area contributed by atoms with E-state index in [1.165, 1.54) is 0 Å². The molecule has 1 unspecified atom stereocenters. The lowest BCUT2D eigenvalue weighted by Gasteiger charge is -2.27. The first-order valence-electron chi connectivity index (χ1n) is 7.26. The lowest BCUT2D eigenvalue weighted by molar-refractivity contribution is -0.139. The molecule has 1 heterocycles. The third-order valence-corrected chi connectivity index (χ3v) is 4.33. The SMILES string of the molecule is CCOC(=O)C1=C(C)OC(N)=C(C#N)C1c1cc(I)cc(C)c1O. The normalized spacial score (nSPS) is 17.4. The van der Waals surface area contributed by atoms with Crippen LogP contribution in [0.5, 0.6) is 5.75 Å². The molecular formula is C17H17IN2O4. The molecule has 0 bridgehead atoms. The molecule has 3 N–H and O–H groups in total. The molecule has 0 amide bonds. The van der Waals surface area contributed by atoms with Crippen molar-refractivity contribution in [3.8, 4) is 11.8 Å². The highest BCUT2D eigenvalue weighted by molar-refractivity contribution is 14.1. The Bertz CT molecular complexity index is 806. The van der Waals surface area contributed by atoms with E-state index in [-0.39, 0.29) is 35.1 Å². The van der Waals surface area contributed by atoms with Crippen molar-refractivity contribution in [1.82, 2.24) is 0 Å². The second kappa shape index (κ2) is 7.13. The Morgan fingerprint density at radius 2 is 2.17 bits per heavy atom. The van der Waals surface area contributed by atoms with Crippen molar-refractivity contribution < 1.29 is 19.4 Å². The molecule has 0 spiro atoms. The summed E-state index contributed by atoms with van der Waals surface area (Å²) in [6.07, 6.45) is 0. The molecule has 6 nitrogen and oxygen atoms in total. The van der Waals surface area contributed by atoms with Gasteiger partial charge in [0.25, 0.3) is 0 Å². The summed E-state index contributed by atoms with van der Waals surface area (Å²) in [6.45, 7) is 5.20. The van der Waals surface area contributed by atoms with Gasteiger partial charge < -0.3 is 20.3 Å². The number of phenols is 1. The van der Waals surface area contributed by atoms with Crippen LogP contribution in [0.15, 0.2) is 34.9 Å². The van der Waals surface area contributed by atoms with Crippen LogP contribution in [0.1, 0.15) is 30.9 Å². The molecule has 1 aliphatic heterocycles. The Balaban J connectivity index is 2.75. The average Bonchev–Trinajstić information content (AvgIpc) is 2.50. The number of esters is 1. The van der Waals surface area contributed by atoms with Crippen molar-refractivity contribution in [2.24, 2.45) is 5.73 Å². The number of hydrogen-bond acceptors (Lipinski definition) is 6. The monoisotopic (exact) mass is 440 g/mol. The number of aromatic hydroxyl groups is 1. The Kier molecular flexibility index (Phi) is 5.39. The second-order valence-electron chi connectivity index (χ2n) is 5.28. The van der Waals surface area contributed by atoms with Crippen LogP contribution < -0.4 is 5.73 Å². The number of rotatable bonds is 3. The number of aryl methyl sites for hydroxylation is 1. The molecule has 0 saturated heterocycles. The zero-order chi connectivity index (χ0) is 18.0. The molecular weight excluding hydrogens is 423 g/mol. The van der Waals surface area contributed by atoms with Gasteiger partial charge in [0, 0.05) is 9.13 Å². The molecule has 1 aromatic rings. The highest BCUT2D eigenvalue weighted by atomic mass is 127. The van der Waals surface area contributed by atoms with Gasteiger partial charge in [0.05, 0.1) is 18.1 Å². The van der Waals surface area contributed by atoms with Gasteiger partial charge in [-0.15, -0.1) is 0 Å². The van der Waals surface area contributed by atoms with Crippen molar-refractivity contribution in [3.05, 3.63) is 49.6 Å². The van der Waals surface area contributed by atoms with Crippen LogP contribution in [0.25, 0.3) is 0 Å². The molecule has 24 heavy (non-hydrogen) atoms. The lowest BCUT2D eigenvalue weighted by Crippen LogP contribution is -2.25. The van der Waals surface area contributed by atoms with Crippen LogP contribution in [-0.2, 0) is 14.3 Å². The lowest BCUT2D eigenvalue weighted by atomic mass is 9.82. The number of benzene rings is 1. The van der Waals surface area contributed by atoms with Crippen LogP contribution in [0.2, 0.25) is 0 Å². The molecule has 0 aliphatic carbocycles. The van der Waals surface area contributed by atoms with Gasteiger partial charge in [0.1, 0.15) is 23.2 Å². The van der Waals surface area contributed by atoms with Gasteiger partial charge in [-0.25, -0.2) is 4.79 Å². The van der Waals surface area contributed by atoms with Crippen LogP contribution in [0, 0.1) is 21.8 Å². The van der Waals surface area contributed by atoms with Crippen molar-refractivity contribution in [2.75, 3.05) is 6.61 Å². The second-order valence-corrected chi connectivity index (χ2v) is 6.52. The van der Waals surface area contributed by atoms with Crippen LogP contribution >= 0.6 is 22.6 Å². The zero-order valence-corrected chi connectivity index (χ0v) is 15.7. The maximum absolute atomic E-state index is 12.4. The van der Waals surface area contributed by atoms with E-state index in [1.807, 2.05) is 6.07 Å². The zero-order valence-electron chi connectivity index (χ0n) is 13.5. The smallest absolute Gasteiger partial charge is 0.338 e. The summed E-state index contributed by atoms with van der Waals surface area (Å²) in [4.78, 5) is 12.4. The Hall–Kier alpha value is -2.21. The van der Waals surface area contributed by atoms with E-state index in [9.17, 15) is 15.2 Å². The van der Waals surface area contributed by atoms with Gasteiger partial charge in [0.2, 0.25) is 5.88 Å². The van der Waals surface area contributed by atoms with Crippen LogP contribution in [-0.4, -0.2) is 17.7 Å². The van der Waals surface area contributed by atoms with E-state index in [4.69, 9.17) is 15.2 Å². The van der Waals surface area contributed by atoms with E-state index >= 15 is 0 Å². The van der Waals surface area contributed by atoms with Gasteiger partial charge in [-0.1, -0.05) is 0 Å². The fourth-order valence-electron chi connectivity index (χ4n) is 2.65. The minimum atomic E-state index is -0.837. The highest BCUT2D eigenvalue weighted by Gasteiger charge is 2.38. The fraction of sp³-hybridized carbons (Fsp3) is 0.294. The van der Waals surface area contributed by atoms with E-state index in [0.717, 1.165) is 3.57 Å². The number of nitriles is 1. The minimum Gasteiger partial charge on any atom is -0.507 e. The Labute approximate surface area is 153 Å². The number of carbonyl (C=O) groups excluding carboxylic acids is 1. The number of nitrogens with zero attached hydrogens (tertiary/aromatic N) is 1. The topological polar surface area (TPSA) is 106 Å². The summed E-state index contributed by atoms with van der Waals surface area (Å²) >= 11 is 2.11. The number of halogens is 1. The summed E-state index contributed by atoms with van der Waals surface area (Å²) in [6, 6.07) is 5.51. The summed E-state index contributed by atoms with van der Waals surface area (Å²) in [7, 11) is 0. The van der Waals surface area contributed by atoms with Crippen LogP contribution in [0.4, 0.5) is 0 Å². The Morgan fingerprint density at radius 1 is 1.50 bits per heavy atom. The number of nitrogens with two attached hydrogens (primary N) is 1. The summed E-state index contributed by atoms with van der Waals surface area (Å²) in [5.41, 5.74) is 7.13. The predicted molar refractivity (Wildman–Crippen MR) is 95.5 cm³/mol. The van der Waals surface area contributed by atoms with Gasteiger partial charge >= 0.3 is 5.97 Å². The highest BCUT2D eigenvalue weighted by Crippen LogP contribution is 2.44. The maximum atomic E-state index is 12.4. The van der Waals surface area contributed by atoms with E-state index in [1.54, 1.807) is 32.9 Å². The van der Waals surface area contributed by atoms with E-state index in [0.29, 0.717) is 11.1 Å². The first-order valence-corrected chi connectivity index (χ1v) is 8.34. The van der Waals surface area contributed by atoms with Gasteiger partial charge in [-0.3, -0.25) is 0 Å². The standard InChI is InChI=1S/C17H17IN2O4/c1-4-23-17(22)13-9(3)24-16(20)12(7-19)14(13)11-6-10(18)5-8(2)15(11)21/h5-6,14,21H,4,20H2,1-3H3. The first-order chi connectivity index (χ1) is 11.3. The summed E-state index contributed by atoms with van der Waals surface area (Å²) in [5, 5.41) is 20.0. The molecule has 1 aliphatic rings. The van der Waals surface area contributed by atoms with E-state index < -0.39 is 11.9 Å². The predicted octanol–water partition coefficient (Wildman–Crippen LogP) is 2.95. The quantitative estimate of drug-likeness (QED) is 0.553. The molecule has 0 aromatic heterocycles. The van der Waals surface area contributed by atoms with E-state index in [2.05, 4.69) is 22.6 Å². The Morgan fingerprint density at radius 3 is 2.75 bits per heavy atom. The number of carbonyl (C=O) groups is 1. The molecule has 1 aromatic carbocycles. The van der Waals surface area contributed by atoms with Crippen molar-refractivity contribution in [2.45, 2.75) is 26.7 Å². The molecule has 0 saturated carbocycles. The van der Waals surface area contributed by atoms with Crippen molar-refractivity contribution in [1.29, 1.82) is 5.26 Å². The van der Waals surface area contributed by atoms with Gasteiger partial charge in [-0.2, -0.15) is 5.26 Å². The number of ether oxygens (including phenoxy) is 2. The molecule has 1 atom stereocenters. The molecule has 126 valence electrons. The fourth-order valence-corrected chi connectivity index (χ4v) is 3.45. The largest absolute Gasteiger partial charge is 0.507 e. The molecule has 2 rings (SSSR count). The van der Waals surface area contributed by atoms with Crippen molar-refractivity contribution in [3.63, 3.8) is 0 Å². The molecule has 0 radical (unpaired) electrons. The summed E-state index contributed by atoms with van der Waals surface area (Å²) in [5.74, 6) is -1.25. The molecule has 0 fully saturated rings. The maximum Gasteiger partial charge on any atom is 0.338 e. The average molecular weight is 440 g/mol. The number of hydrogen-bond donors (Lipinski definition) is 2. The third kappa shape index (κ3) is 3.19. The van der Waals surface area contributed by atoms with Crippen molar-refractivity contribution >= 4 is 28.6 Å². The minimum absolute atomic E-state index is 0.0115. The van der Waals surface area contributed by atoms with Gasteiger partial charge in [0.15, 0.2) is 0 Å². The third-order valence-electron chi connectivity index (χ3n) is 3.71.